The Hall–Kier alpha value is -1.78. The van der Waals surface area contributed by atoms with E-state index in [4.69, 9.17) is 9.84 Å². The lowest BCUT2D eigenvalue weighted by Crippen LogP contribution is -2.29. The van der Waals surface area contributed by atoms with Crippen LogP contribution in [0.1, 0.15) is 12.8 Å². The number of fused-ring (bicyclic) bond motifs is 1. The molecule has 0 spiro atoms. The van der Waals surface area contributed by atoms with Gasteiger partial charge in [-0.1, -0.05) is 12.1 Å². The van der Waals surface area contributed by atoms with Crippen LogP contribution < -0.4 is 4.74 Å². The van der Waals surface area contributed by atoms with Crippen molar-refractivity contribution in [3.05, 3.63) is 30.1 Å². The first kappa shape index (κ1) is 12.3. The summed E-state index contributed by atoms with van der Waals surface area (Å²) < 4.78 is 19.2. The molecule has 1 heterocycles. The zero-order valence-corrected chi connectivity index (χ0v) is 10.5. The maximum Gasteiger partial charge on any atom is 0.407 e. The fourth-order valence-corrected chi connectivity index (χ4v) is 3.22. The van der Waals surface area contributed by atoms with Crippen LogP contribution >= 0.6 is 0 Å². The van der Waals surface area contributed by atoms with Gasteiger partial charge >= 0.3 is 6.09 Å². The van der Waals surface area contributed by atoms with Gasteiger partial charge in [0.2, 0.25) is 0 Å². The van der Waals surface area contributed by atoms with E-state index in [0.717, 1.165) is 12.8 Å². The molecule has 19 heavy (non-hydrogen) atoms. The molecule has 1 saturated carbocycles. The minimum absolute atomic E-state index is 0.00263. The SMILES string of the molecule is O=C(O)N1C[C@H]2C[C@@H](Oc3ccccc3F)C[C@H]2C1. The van der Waals surface area contributed by atoms with E-state index < -0.39 is 6.09 Å². The molecule has 5 heteroatoms. The number of nitrogens with zero attached hydrogens (tertiary/aromatic N) is 1. The van der Waals surface area contributed by atoms with Crippen LogP contribution in [0.15, 0.2) is 24.3 Å². The molecule has 3 rings (SSSR count). The molecule has 1 aliphatic carbocycles. The maximum absolute atomic E-state index is 13.5. The van der Waals surface area contributed by atoms with Gasteiger partial charge in [0.05, 0.1) is 6.10 Å². The van der Waals surface area contributed by atoms with Gasteiger partial charge in [-0.2, -0.15) is 0 Å². The van der Waals surface area contributed by atoms with Crippen LogP contribution in [-0.2, 0) is 0 Å². The van der Waals surface area contributed by atoms with E-state index in [1.807, 2.05) is 0 Å². The number of benzene rings is 1. The van der Waals surface area contributed by atoms with Gasteiger partial charge in [0.15, 0.2) is 11.6 Å². The number of carboxylic acid groups (broad SMARTS) is 1. The van der Waals surface area contributed by atoms with Crippen molar-refractivity contribution in [3.63, 3.8) is 0 Å². The number of ether oxygens (including phenoxy) is 1. The third-order valence-electron chi connectivity index (χ3n) is 4.11. The van der Waals surface area contributed by atoms with Crippen LogP contribution in [0.3, 0.4) is 0 Å². The summed E-state index contributed by atoms with van der Waals surface area (Å²) in [7, 11) is 0. The summed E-state index contributed by atoms with van der Waals surface area (Å²) in [6.07, 6.45) is 0.773. The lowest BCUT2D eigenvalue weighted by molar-refractivity contribution is 0.143. The van der Waals surface area contributed by atoms with E-state index >= 15 is 0 Å². The third-order valence-corrected chi connectivity index (χ3v) is 4.11. The second-order valence-electron chi connectivity index (χ2n) is 5.35. The van der Waals surface area contributed by atoms with Crippen molar-refractivity contribution in [2.24, 2.45) is 11.8 Å². The minimum atomic E-state index is -0.846. The maximum atomic E-state index is 13.5. The summed E-state index contributed by atoms with van der Waals surface area (Å²) in [5.41, 5.74) is 0. The van der Waals surface area contributed by atoms with Crippen molar-refractivity contribution >= 4 is 6.09 Å². The Kier molecular flexibility index (Phi) is 3.05. The average Bonchev–Trinajstić information content (AvgIpc) is 2.90. The molecule has 0 radical (unpaired) electrons. The van der Waals surface area contributed by atoms with Crippen LogP contribution in [-0.4, -0.2) is 35.3 Å². The van der Waals surface area contributed by atoms with Crippen molar-refractivity contribution in [1.82, 2.24) is 4.90 Å². The number of amides is 1. The minimum Gasteiger partial charge on any atom is -0.487 e. The van der Waals surface area contributed by atoms with Gasteiger partial charge in [-0.05, 0) is 36.8 Å². The second-order valence-corrected chi connectivity index (χ2v) is 5.35. The molecule has 0 bridgehead atoms. The van der Waals surface area contributed by atoms with Crippen LogP contribution in [0, 0.1) is 17.7 Å². The Morgan fingerprint density at radius 3 is 2.47 bits per heavy atom. The molecule has 2 fully saturated rings. The van der Waals surface area contributed by atoms with Crippen molar-refractivity contribution in [1.29, 1.82) is 0 Å². The fraction of sp³-hybridized carbons (Fsp3) is 0.500. The van der Waals surface area contributed by atoms with E-state index in [-0.39, 0.29) is 11.9 Å². The quantitative estimate of drug-likeness (QED) is 0.894. The summed E-state index contributed by atoms with van der Waals surface area (Å²) in [6, 6.07) is 6.40. The molecule has 0 aromatic heterocycles. The average molecular weight is 265 g/mol. The highest BCUT2D eigenvalue weighted by molar-refractivity contribution is 5.65. The van der Waals surface area contributed by atoms with Gasteiger partial charge < -0.3 is 14.7 Å². The number of halogens is 1. The summed E-state index contributed by atoms with van der Waals surface area (Å²) in [6.45, 7) is 1.16. The summed E-state index contributed by atoms with van der Waals surface area (Å²) in [5.74, 6) is 0.662. The van der Waals surface area contributed by atoms with Crippen LogP contribution in [0.5, 0.6) is 5.75 Å². The van der Waals surface area contributed by atoms with Gasteiger partial charge in [-0.25, -0.2) is 9.18 Å². The molecule has 1 aromatic carbocycles. The van der Waals surface area contributed by atoms with E-state index in [1.54, 1.807) is 18.2 Å². The van der Waals surface area contributed by atoms with Gasteiger partial charge in [-0.15, -0.1) is 0 Å². The smallest absolute Gasteiger partial charge is 0.407 e. The molecule has 102 valence electrons. The molecule has 3 atom stereocenters. The summed E-state index contributed by atoms with van der Waals surface area (Å²) in [4.78, 5) is 12.4. The van der Waals surface area contributed by atoms with E-state index in [0.29, 0.717) is 30.7 Å². The molecule has 1 saturated heterocycles. The first-order chi connectivity index (χ1) is 9.13. The molecule has 1 aliphatic heterocycles. The van der Waals surface area contributed by atoms with E-state index in [2.05, 4.69) is 0 Å². The van der Waals surface area contributed by atoms with Crippen molar-refractivity contribution in [2.45, 2.75) is 18.9 Å². The van der Waals surface area contributed by atoms with Gasteiger partial charge in [0.25, 0.3) is 0 Å². The Labute approximate surface area is 110 Å². The molecule has 2 aliphatic rings. The van der Waals surface area contributed by atoms with Crippen LogP contribution in [0.4, 0.5) is 9.18 Å². The van der Waals surface area contributed by atoms with Crippen molar-refractivity contribution in [2.75, 3.05) is 13.1 Å². The lowest BCUT2D eigenvalue weighted by Gasteiger charge is -2.18. The normalized spacial score (nSPS) is 29.3. The standard InChI is InChI=1S/C14H16FNO3/c15-12-3-1-2-4-13(12)19-11-5-9-7-16(14(17)18)8-10(9)6-11/h1-4,9-11H,5-8H2,(H,17,18)/t9-,10+,11-. The Balaban J connectivity index is 1.60. The number of likely N-dealkylation sites (tertiary alicyclic amines) is 1. The lowest BCUT2D eigenvalue weighted by atomic mass is 10.0. The summed E-state index contributed by atoms with van der Waals surface area (Å²) >= 11 is 0. The first-order valence-corrected chi connectivity index (χ1v) is 6.52. The van der Waals surface area contributed by atoms with Gasteiger partial charge in [0, 0.05) is 13.1 Å². The number of rotatable bonds is 2. The largest absolute Gasteiger partial charge is 0.487 e. The van der Waals surface area contributed by atoms with Gasteiger partial charge in [-0.3, -0.25) is 0 Å². The van der Waals surface area contributed by atoms with E-state index in [9.17, 15) is 9.18 Å². The number of hydrogen-bond acceptors (Lipinski definition) is 2. The van der Waals surface area contributed by atoms with Gasteiger partial charge in [0.1, 0.15) is 0 Å². The fourth-order valence-electron chi connectivity index (χ4n) is 3.22. The highest BCUT2D eigenvalue weighted by atomic mass is 19.1. The van der Waals surface area contributed by atoms with Crippen LogP contribution in [0.25, 0.3) is 0 Å². The topological polar surface area (TPSA) is 49.8 Å². The summed E-state index contributed by atoms with van der Waals surface area (Å²) in [5, 5.41) is 8.95. The number of hydrogen-bond donors (Lipinski definition) is 1. The Morgan fingerprint density at radius 2 is 1.89 bits per heavy atom. The zero-order valence-electron chi connectivity index (χ0n) is 10.5. The van der Waals surface area contributed by atoms with Crippen LogP contribution in [0.2, 0.25) is 0 Å². The predicted octanol–water partition coefficient (Wildman–Crippen LogP) is 2.59. The van der Waals surface area contributed by atoms with Crippen molar-refractivity contribution in [3.8, 4) is 5.75 Å². The second kappa shape index (κ2) is 4.72. The molecule has 1 amide bonds. The molecule has 4 nitrogen and oxygen atoms in total. The predicted molar refractivity (Wildman–Crippen MR) is 66.6 cm³/mol. The molecular formula is C14H16FNO3. The molecular weight excluding hydrogens is 249 g/mol. The monoisotopic (exact) mass is 265 g/mol. The number of carbonyl (C=O) groups is 1. The number of para-hydroxylation sites is 1. The highest BCUT2D eigenvalue weighted by Gasteiger charge is 2.43. The Bertz CT molecular complexity index is 479. The molecule has 0 unspecified atom stereocenters. The van der Waals surface area contributed by atoms with E-state index in [1.165, 1.54) is 11.0 Å². The highest BCUT2D eigenvalue weighted by Crippen LogP contribution is 2.39. The third kappa shape index (κ3) is 2.37. The van der Waals surface area contributed by atoms with Crippen molar-refractivity contribution < 1.29 is 19.0 Å². The molecule has 1 aromatic rings. The first-order valence-electron chi connectivity index (χ1n) is 6.52. The molecule has 1 N–H and O–H groups in total. The zero-order chi connectivity index (χ0) is 13.4. The Morgan fingerprint density at radius 1 is 1.26 bits per heavy atom.